The van der Waals surface area contributed by atoms with Gasteiger partial charge < -0.3 is 19.3 Å². The highest BCUT2D eigenvalue weighted by Crippen LogP contribution is 2.29. The second-order valence-electron chi connectivity index (χ2n) is 13.2. The quantitative estimate of drug-likeness (QED) is 0.0346. The van der Waals surface area contributed by atoms with Gasteiger partial charge in [0.1, 0.15) is 19.3 Å². The average molecular weight is 657 g/mol. The summed E-state index contributed by atoms with van der Waals surface area (Å²) in [5.74, 6) is 0.153. The molecule has 47 heavy (non-hydrogen) atoms. The van der Waals surface area contributed by atoms with Crippen LogP contribution in [0.15, 0.2) is 60.8 Å². The molecule has 0 aliphatic carbocycles. The van der Waals surface area contributed by atoms with Gasteiger partial charge in [0, 0.05) is 12.8 Å². The van der Waals surface area contributed by atoms with Crippen molar-refractivity contribution in [2.75, 3.05) is 13.2 Å². The Morgan fingerprint density at radius 2 is 1.06 bits per heavy atom. The van der Waals surface area contributed by atoms with Crippen molar-refractivity contribution in [2.24, 2.45) is 5.92 Å². The average Bonchev–Trinajstić information content (AvgIpc) is 3.81. The molecule has 0 radical (unpaired) electrons. The molecular formula is C41H68O6. The van der Waals surface area contributed by atoms with Crippen LogP contribution in [0.3, 0.4) is 0 Å². The van der Waals surface area contributed by atoms with Gasteiger partial charge in [-0.1, -0.05) is 146 Å². The molecule has 0 spiro atoms. The van der Waals surface area contributed by atoms with Gasteiger partial charge in [-0.25, -0.2) is 0 Å². The van der Waals surface area contributed by atoms with Crippen LogP contribution in [-0.2, 0) is 23.8 Å². The van der Waals surface area contributed by atoms with Gasteiger partial charge in [-0.15, -0.1) is 0 Å². The van der Waals surface area contributed by atoms with E-state index < -0.39 is 6.10 Å². The first-order valence-corrected chi connectivity index (χ1v) is 18.8. The molecular weight excluding hydrogens is 588 g/mol. The molecule has 1 aliphatic heterocycles. The third-order valence-corrected chi connectivity index (χ3v) is 8.11. The van der Waals surface area contributed by atoms with E-state index in [0.29, 0.717) is 25.0 Å². The molecule has 1 fully saturated rings. The Bertz CT molecular complexity index is 915. The summed E-state index contributed by atoms with van der Waals surface area (Å²) in [7, 11) is 0. The number of esters is 2. The van der Waals surface area contributed by atoms with E-state index >= 15 is 0 Å². The lowest BCUT2D eigenvalue weighted by Crippen LogP contribution is -2.25. The summed E-state index contributed by atoms with van der Waals surface area (Å²) in [5, 5.41) is 9.99. The highest BCUT2D eigenvalue weighted by Gasteiger charge is 2.35. The number of aliphatic hydroxyl groups excluding tert-OH is 1. The van der Waals surface area contributed by atoms with E-state index in [2.05, 4.69) is 69.4 Å². The Balaban J connectivity index is 1.89. The van der Waals surface area contributed by atoms with E-state index in [4.69, 9.17) is 14.2 Å². The second kappa shape index (κ2) is 30.9. The van der Waals surface area contributed by atoms with Gasteiger partial charge >= 0.3 is 11.9 Å². The summed E-state index contributed by atoms with van der Waals surface area (Å²) < 4.78 is 15.9. The van der Waals surface area contributed by atoms with Gasteiger partial charge in [-0.3, -0.25) is 9.59 Å². The molecule has 0 amide bonds. The maximum Gasteiger partial charge on any atom is 0.306 e. The van der Waals surface area contributed by atoms with Crippen LogP contribution in [0, 0.1) is 5.92 Å². The van der Waals surface area contributed by atoms with Crippen molar-refractivity contribution in [3.8, 4) is 0 Å². The summed E-state index contributed by atoms with van der Waals surface area (Å²) in [5.41, 5.74) is 0. The van der Waals surface area contributed by atoms with Crippen LogP contribution in [0.1, 0.15) is 149 Å². The minimum Gasteiger partial charge on any atom is -0.463 e. The normalized spacial score (nSPS) is 17.3. The third kappa shape index (κ3) is 29.4. The van der Waals surface area contributed by atoms with Crippen LogP contribution in [0.5, 0.6) is 0 Å². The van der Waals surface area contributed by atoms with Crippen molar-refractivity contribution in [3.63, 3.8) is 0 Å². The van der Waals surface area contributed by atoms with Crippen LogP contribution in [-0.4, -0.2) is 48.6 Å². The SMILES string of the molecule is CC/C=C\CC1OC1C/C=C\C/C=C\C/C=C\C/C=C\CCC(=O)OC[C@@H](O)COC(=O)CCCCCCCCCCCCC(C)C. The van der Waals surface area contributed by atoms with E-state index in [0.717, 1.165) is 63.7 Å². The lowest BCUT2D eigenvalue weighted by atomic mass is 10.0. The monoisotopic (exact) mass is 657 g/mol. The van der Waals surface area contributed by atoms with Gasteiger partial charge in [0.15, 0.2) is 0 Å². The number of ether oxygens (including phenoxy) is 3. The van der Waals surface area contributed by atoms with Crippen molar-refractivity contribution in [1.82, 2.24) is 0 Å². The van der Waals surface area contributed by atoms with Crippen LogP contribution in [0.4, 0.5) is 0 Å². The standard InChI is InChI=1S/C41H68O6/c1-4-5-24-30-38-39(47-38)31-26-21-17-13-8-6-7-9-14-18-22-27-32-40(43)45-34-37(42)35-46-41(44)33-28-23-19-15-11-10-12-16-20-25-29-36(2)3/h5,7-9,13,18,21-22,24,26,36-39,42H,4,6,10-12,14-17,19-20,23,25,27-35H2,1-3H3/b9-7-,13-8-,22-18-,24-5-,26-21-/t37-,38?,39?/m1/s1. The number of carbonyl (C=O) groups is 2. The molecule has 1 aliphatic rings. The molecule has 0 aromatic rings. The topological polar surface area (TPSA) is 85.4 Å². The fourth-order valence-electron chi connectivity index (χ4n) is 5.16. The predicted octanol–water partition coefficient (Wildman–Crippen LogP) is 10.5. The van der Waals surface area contributed by atoms with Crippen molar-refractivity contribution >= 4 is 11.9 Å². The minimum atomic E-state index is -0.998. The van der Waals surface area contributed by atoms with Crippen molar-refractivity contribution in [2.45, 2.75) is 167 Å². The lowest BCUT2D eigenvalue weighted by molar-refractivity contribution is -0.152. The van der Waals surface area contributed by atoms with Crippen LogP contribution >= 0.6 is 0 Å². The highest BCUT2D eigenvalue weighted by atomic mass is 16.6. The zero-order valence-electron chi connectivity index (χ0n) is 30.1. The molecule has 268 valence electrons. The van der Waals surface area contributed by atoms with Crippen molar-refractivity contribution in [1.29, 1.82) is 0 Å². The number of aliphatic hydroxyl groups is 1. The van der Waals surface area contributed by atoms with Crippen LogP contribution < -0.4 is 0 Å². The number of unbranched alkanes of at least 4 members (excludes halogenated alkanes) is 9. The molecule has 0 bridgehead atoms. The fourth-order valence-corrected chi connectivity index (χ4v) is 5.16. The number of hydrogen-bond donors (Lipinski definition) is 1. The van der Waals surface area contributed by atoms with E-state index in [1.165, 1.54) is 51.4 Å². The minimum absolute atomic E-state index is 0.144. The molecule has 1 saturated heterocycles. The lowest BCUT2D eigenvalue weighted by Gasteiger charge is -2.12. The number of allylic oxidation sites excluding steroid dienone is 8. The summed E-state index contributed by atoms with van der Waals surface area (Å²) in [6.45, 7) is 6.43. The first-order chi connectivity index (χ1) is 22.9. The predicted molar refractivity (Wildman–Crippen MR) is 195 cm³/mol. The molecule has 0 aromatic carbocycles. The van der Waals surface area contributed by atoms with Crippen molar-refractivity contribution in [3.05, 3.63) is 60.8 Å². The summed E-state index contributed by atoms with van der Waals surface area (Å²) >= 11 is 0. The van der Waals surface area contributed by atoms with Gasteiger partial charge in [-0.2, -0.15) is 0 Å². The van der Waals surface area contributed by atoms with Gasteiger partial charge in [0.2, 0.25) is 0 Å². The molecule has 0 saturated carbocycles. The maximum absolute atomic E-state index is 11.9. The van der Waals surface area contributed by atoms with Crippen LogP contribution in [0.25, 0.3) is 0 Å². The number of epoxide rings is 1. The first kappa shape index (κ1) is 42.6. The number of hydrogen-bond acceptors (Lipinski definition) is 6. The number of carbonyl (C=O) groups excluding carboxylic acids is 2. The molecule has 1 N–H and O–H groups in total. The number of rotatable bonds is 31. The third-order valence-electron chi connectivity index (χ3n) is 8.11. The molecule has 0 aromatic heterocycles. The highest BCUT2D eigenvalue weighted by molar-refractivity contribution is 5.70. The molecule has 6 heteroatoms. The van der Waals surface area contributed by atoms with Crippen molar-refractivity contribution < 1.29 is 28.9 Å². The van der Waals surface area contributed by atoms with Crippen LogP contribution in [0.2, 0.25) is 0 Å². The summed E-state index contributed by atoms with van der Waals surface area (Å²) in [4.78, 5) is 23.9. The van der Waals surface area contributed by atoms with Gasteiger partial charge in [0.05, 0.1) is 12.2 Å². The van der Waals surface area contributed by atoms with E-state index in [-0.39, 0.29) is 31.6 Å². The summed E-state index contributed by atoms with van der Waals surface area (Å²) in [6, 6.07) is 0. The Hall–Kier alpha value is -2.44. The second-order valence-corrected chi connectivity index (χ2v) is 13.2. The fraction of sp³-hybridized carbons (Fsp3) is 0.707. The summed E-state index contributed by atoms with van der Waals surface area (Å²) in [6.07, 6.45) is 41.8. The molecule has 3 atom stereocenters. The molecule has 1 heterocycles. The zero-order valence-corrected chi connectivity index (χ0v) is 30.1. The molecule has 2 unspecified atom stereocenters. The van der Waals surface area contributed by atoms with E-state index in [9.17, 15) is 14.7 Å². The van der Waals surface area contributed by atoms with E-state index in [1.54, 1.807) is 0 Å². The van der Waals surface area contributed by atoms with Gasteiger partial charge in [-0.05, 0) is 57.3 Å². The Morgan fingerprint density at radius 1 is 0.617 bits per heavy atom. The largest absolute Gasteiger partial charge is 0.463 e. The molecule has 1 rings (SSSR count). The smallest absolute Gasteiger partial charge is 0.306 e. The van der Waals surface area contributed by atoms with Gasteiger partial charge in [0.25, 0.3) is 0 Å². The Morgan fingerprint density at radius 3 is 1.60 bits per heavy atom. The first-order valence-electron chi connectivity index (χ1n) is 18.8. The Labute approximate surface area is 287 Å². The Kier molecular flexibility index (Phi) is 28.0. The van der Waals surface area contributed by atoms with E-state index in [1.807, 2.05) is 12.2 Å². The molecule has 6 nitrogen and oxygen atoms in total. The maximum atomic E-state index is 11.9. The zero-order chi connectivity index (χ0) is 34.2.